The van der Waals surface area contributed by atoms with Crippen LogP contribution in [0.3, 0.4) is 0 Å². The number of rotatable bonds is 6. The van der Waals surface area contributed by atoms with Gasteiger partial charge >= 0.3 is 0 Å². The van der Waals surface area contributed by atoms with Crippen molar-refractivity contribution in [3.8, 4) is 0 Å². The standard InChI is InChI=1S/C16H25N3O2/c1-2-21-14-7-9-19(10-8-14)12-16(20)18-15-6-4-3-5-13(15)11-17/h3-6,14H,2,7-12,17H2,1H3,(H,18,20). The average Bonchev–Trinajstić information content (AvgIpc) is 2.50. The number of ether oxygens (including phenoxy) is 1. The fourth-order valence-electron chi connectivity index (χ4n) is 2.68. The van der Waals surface area contributed by atoms with Crippen molar-refractivity contribution in [3.05, 3.63) is 29.8 Å². The minimum atomic E-state index is 0.0192. The zero-order valence-electron chi connectivity index (χ0n) is 12.7. The lowest BCUT2D eigenvalue weighted by Gasteiger charge is -2.31. The molecule has 2 rings (SSSR count). The zero-order chi connectivity index (χ0) is 15.1. The number of benzene rings is 1. The van der Waals surface area contributed by atoms with Gasteiger partial charge in [-0.1, -0.05) is 18.2 Å². The van der Waals surface area contributed by atoms with E-state index in [9.17, 15) is 4.79 Å². The Labute approximate surface area is 126 Å². The molecular formula is C16H25N3O2. The second kappa shape index (κ2) is 8.12. The fraction of sp³-hybridized carbons (Fsp3) is 0.562. The molecule has 1 amide bonds. The first-order chi connectivity index (χ1) is 10.2. The van der Waals surface area contributed by atoms with E-state index in [-0.39, 0.29) is 5.91 Å². The molecule has 1 aliphatic heterocycles. The van der Waals surface area contributed by atoms with Gasteiger partial charge in [0.15, 0.2) is 0 Å². The van der Waals surface area contributed by atoms with Gasteiger partial charge in [-0.25, -0.2) is 0 Å². The van der Waals surface area contributed by atoms with Crippen LogP contribution in [-0.2, 0) is 16.1 Å². The molecule has 0 unspecified atom stereocenters. The number of carbonyl (C=O) groups is 1. The van der Waals surface area contributed by atoms with Gasteiger partial charge in [0, 0.05) is 31.9 Å². The van der Waals surface area contributed by atoms with E-state index in [0.717, 1.165) is 43.8 Å². The quantitative estimate of drug-likeness (QED) is 0.835. The molecule has 1 aromatic carbocycles. The number of nitrogens with zero attached hydrogens (tertiary/aromatic N) is 1. The van der Waals surface area contributed by atoms with Crippen molar-refractivity contribution in [3.63, 3.8) is 0 Å². The Morgan fingerprint density at radius 2 is 2.10 bits per heavy atom. The maximum atomic E-state index is 12.1. The van der Waals surface area contributed by atoms with E-state index in [1.54, 1.807) is 0 Å². The molecule has 0 aliphatic carbocycles. The molecular weight excluding hydrogens is 266 g/mol. The first kappa shape index (κ1) is 15.9. The monoisotopic (exact) mass is 291 g/mol. The summed E-state index contributed by atoms with van der Waals surface area (Å²) < 4.78 is 5.62. The van der Waals surface area contributed by atoms with Crippen molar-refractivity contribution in [2.24, 2.45) is 5.73 Å². The summed E-state index contributed by atoms with van der Waals surface area (Å²) in [6.07, 6.45) is 2.35. The molecule has 1 aromatic rings. The second-order valence-electron chi connectivity index (χ2n) is 5.34. The maximum absolute atomic E-state index is 12.1. The van der Waals surface area contributed by atoms with Gasteiger partial charge < -0.3 is 15.8 Å². The number of nitrogens with two attached hydrogens (primary N) is 1. The van der Waals surface area contributed by atoms with Crippen LogP contribution in [-0.4, -0.2) is 43.2 Å². The summed E-state index contributed by atoms with van der Waals surface area (Å²) in [5.74, 6) is 0.0192. The van der Waals surface area contributed by atoms with E-state index < -0.39 is 0 Å². The summed E-state index contributed by atoms with van der Waals surface area (Å²) in [4.78, 5) is 14.3. The molecule has 1 fully saturated rings. The molecule has 0 radical (unpaired) electrons. The summed E-state index contributed by atoms with van der Waals surface area (Å²) in [6.45, 7) is 5.47. The molecule has 0 atom stereocenters. The topological polar surface area (TPSA) is 67.6 Å². The highest BCUT2D eigenvalue weighted by molar-refractivity contribution is 5.93. The van der Waals surface area contributed by atoms with E-state index >= 15 is 0 Å². The molecule has 0 bridgehead atoms. The van der Waals surface area contributed by atoms with Gasteiger partial charge in [-0.2, -0.15) is 0 Å². The molecule has 1 aliphatic rings. The van der Waals surface area contributed by atoms with Crippen LogP contribution in [0.2, 0.25) is 0 Å². The molecule has 3 N–H and O–H groups in total. The number of hydrogen-bond donors (Lipinski definition) is 2. The highest BCUT2D eigenvalue weighted by Crippen LogP contribution is 2.16. The van der Waals surface area contributed by atoms with E-state index in [0.29, 0.717) is 19.2 Å². The van der Waals surface area contributed by atoms with E-state index in [2.05, 4.69) is 10.2 Å². The van der Waals surface area contributed by atoms with Crippen LogP contribution in [0.1, 0.15) is 25.3 Å². The van der Waals surface area contributed by atoms with Crippen LogP contribution in [0.5, 0.6) is 0 Å². The Morgan fingerprint density at radius 1 is 1.38 bits per heavy atom. The number of likely N-dealkylation sites (tertiary alicyclic amines) is 1. The summed E-state index contributed by atoms with van der Waals surface area (Å²) in [6, 6.07) is 7.66. The summed E-state index contributed by atoms with van der Waals surface area (Å²) in [7, 11) is 0. The zero-order valence-corrected chi connectivity index (χ0v) is 12.7. The van der Waals surface area contributed by atoms with Crippen molar-refractivity contribution in [2.45, 2.75) is 32.4 Å². The van der Waals surface area contributed by atoms with E-state index in [1.165, 1.54) is 0 Å². The van der Waals surface area contributed by atoms with Gasteiger partial charge in [-0.15, -0.1) is 0 Å². The summed E-state index contributed by atoms with van der Waals surface area (Å²) >= 11 is 0. The third kappa shape index (κ3) is 4.81. The Kier molecular flexibility index (Phi) is 6.17. The number of piperidine rings is 1. The SMILES string of the molecule is CCOC1CCN(CC(=O)Nc2ccccc2CN)CC1. The van der Waals surface area contributed by atoms with Crippen LogP contribution < -0.4 is 11.1 Å². The first-order valence-corrected chi connectivity index (χ1v) is 7.64. The highest BCUT2D eigenvalue weighted by Gasteiger charge is 2.21. The Bertz CT molecular complexity index is 457. The molecule has 1 heterocycles. The summed E-state index contributed by atoms with van der Waals surface area (Å²) in [5.41, 5.74) is 7.45. The Balaban J connectivity index is 1.80. The average molecular weight is 291 g/mol. The number of amides is 1. The predicted octanol–water partition coefficient (Wildman–Crippen LogP) is 1.58. The first-order valence-electron chi connectivity index (χ1n) is 7.64. The van der Waals surface area contributed by atoms with Crippen LogP contribution >= 0.6 is 0 Å². The normalized spacial score (nSPS) is 16.9. The molecule has 0 saturated carbocycles. The molecule has 0 aromatic heterocycles. The Morgan fingerprint density at radius 3 is 2.76 bits per heavy atom. The number of nitrogens with one attached hydrogen (secondary N) is 1. The van der Waals surface area contributed by atoms with Gasteiger partial charge in [0.1, 0.15) is 0 Å². The van der Waals surface area contributed by atoms with Crippen LogP contribution in [0, 0.1) is 0 Å². The molecule has 5 heteroatoms. The van der Waals surface area contributed by atoms with Gasteiger partial charge in [-0.05, 0) is 31.4 Å². The van der Waals surface area contributed by atoms with Crippen molar-refractivity contribution in [2.75, 3.05) is 31.6 Å². The number of anilines is 1. The van der Waals surface area contributed by atoms with Crippen molar-refractivity contribution >= 4 is 11.6 Å². The lowest BCUT2D eigenvalue weighted by atomic mass is 10.1. The van der Waals surface area contributed by atoms with Gasteiger partial charge in [0.2, 0.25) is 5.91 Å². The smallest absolute Gasteiger partial charge is 0.238 e. The largest absolute Gasteiger partial charge is 0.378 e. The van der Waals surface area contributed by atoms with E-state index in [1.807, 2.05) is 31.2 Å². The molecule has 116 valence electrons. The highest BCUT2D eigenvalue weighted by atomic mass is 16.5. The van der Waals surface area contributed by atoms with Crippen molar-refractivity contribution in [1.82, 2.24) is 4.90 Å². The summed E-state index contributed by atoms with van der Waals surface area (Å²) in [5, 5.41) is 2.95. The molecule has 5 nitrogen and oxygen atoms in total. The lowest BCUT2D eigenvalue weighted by Crippen LogP contribution is -2.41. The minimum absolute atomic E-state index is 0.0192. The third-order valence-electron chi connectivity index (χ3n) is 3.82. The van der Waals surface area contributed by atoms with Gasteiger partial charge in [0.25, 0.3) is 0 Å². The minimum Gasteiger partial charge on any atom is -0.378 e. The molecule has 0 spiro atoms. The molecule has 1 saturated heterocycles. The number of para-hydroxylation sites is 1. The van der Waals surface area contributed by atoms with Gasteiger partial charge in [-0.3, -0.25) is 9.69 Å². The van der Waals surface area contributed by atoms with E-state index in [4.69, 9.17) is 10.5 Å². The van der Waals surface area contributed by atoms with Crippen LogP contribution in [0.4, 0.5) is 5.69 Å². The van der Waals surface area contributed by atoms with Crippen LogP contribution in [0.15, 0.2) is 24.3 Å². The van der Waals surface area contributed by atoms with Gasteiger partial charge in [0.05, 0.1) is 12.6 Å². The maximum Gasteiger partial charge on any atom is 0.238 e. The second-order valence-corrected chi connectivity index (χ2v) is 5.34. The predicted molar refractivity (Wildman–Crippen MR) is 84.1 cm³/mol. The van der Waals surface area contributed by atoms with Crippen molar-refractivity contribution < 1.29 is 9.53 Å². The Hall–Kier alpha value is -1.43. The number of hydrogen-bond acceptors (Lipinski definition) is 4. The van der Waals surface area contributed by atoms with Crippen LogP contribution in [0.25, 0.3) is 0 Å². The molecule has 21 heavy (non-hydrogen) atoms. The fourth-order valence-corrected chi connectivity index (χ4v) is 2.68. The number of carbonyl (C=O) groups excluding carboxylic acids is 1. The lowest BCUT2D eigenvalue weighted by molar-refractivity contribution is -0.118. The van der Waals surface area contributed by atoms with Crippen molar-refractivity contribution in [1.29, 1.82) is 0 Å². The third-order valence-corrected chi connectivity index (χ3v) is 3.82.